The average molecular weight is 526 g/mol. The Labute approximate surface area is 225 Å². The maximum atomic E-state index is 14.5. The number of hydrogen-bond acceptors (Lipinski definition) is 4. The van der Waals surface area contributed by atoms with Crippen LogP contribution in [0.15, 0.2) is 60.7 Å². The molecule has 3 aromatic rings. The lowest BCUT2D eigenvalue weighted by atomic mass is 9.85. The van der Waals surface area contributed by atoms with Gasteiger partial charge < -0.3 is 19.5 Å². The third kappa shape index (κ3) is 6.39. The Balaban J connectivity index is 1.44. The molecule has 3 aromatic carbocycles. The monoisotopic (exact) mass is 525 g/mol. The number of methoxy groups -OCH3 is 1. The first-order chi connectivity index (χ1) is 17.8. The average Bonchev–Trinajstić information content (AvgIpc) is 2.91. The van der Waals surface area contributed by atoms with Crippen molar-refractivity contribution in [3.05, 3.63) is 87.9 Å². The maximum Gasteiger partial charge on any atom is 0.142 e. The number of hydrogen-bond donors (Lipinski definition) is 1. The Morgan fingerprint density at radius 3 is 2.41 bits per heavy atom. The van der Waals surface area contributed by atoms with Gasteiger partial charge in [-0.3, -0.25) is 0 Å². The summed E-state index contributed by atoms with van der Waals surface area (Å²) in [5.41, 5.74) is 3.16. The molecule has 1 aliphatic heterocycles. The number of ether oxygens (including phenoxy) is 3. The van der Waals surface area contributed by atoms with Crippen LogP contribution in [0.4, 0.5) is 10.1 Å². The molecule has 1 heterocycles. The molecule has 0 aromatic heterocycles. The van der Waals surface area contributed by atoms with Crippen molar-refractivity contribution in [1.29, 1.82) is 0 Å². The Morgan fingerprint density at radius 1 is 1.03 bits per heavy atom. The molecule has 1 aliphatic rings. The molecule has 37 heavy (non-hydrogen) atoms. The highest BCUT2D eigenvalue weighted by molar-refractivity contribution is 6.30. The molecule has 1 fully saturated rings. The second-order valence-corrected chi connectivity index (χ2v) is 10.4. The van der Waals surface area contributed by atoms with Crippen molar-refractivity contribution in [3.8, 4) is 11.5 Å². The van der Waals surface area contributed by atoms with Crippen LogP contribution < -0.4 is 14.8 Å². The molecule has 1 saturated heterocycles. The number of nitrogens with one attached hydrogen (secondary N) is 1. The van der Waals surface area contributed by atoms with E-state index in [2.05, 4.69) is 18.3 Å². The Kier molecular flexibility index (Phi) is 8.66. The van der Waals surface area contributed by atoms with E-state index in [1.54, 1.807) is 14.0 Å². The van der Waals surface area contributed by atoms with E-state index in [0.29, 0.717) is 24.7 Å². The third-order valence-electron chi connectivity index (χ3n) is 7.40. The van der Waals surface area contributed by atoms with Crippen molar-refractivity contribution in [1.82, 2.24) is 0 Å². The molecule has 4 rings (SSSR count). The van der Waals surface area contributed by atoms with E-state index in [0.717, 1.165) is 59.7 Å². The van der Waals surface area contributed by atoms with Gasteiger partial charge in [0.2, 0.25) is 0 Å². The van der Waals surface area contributed by atoms with Crippen LogP contribution in [0.2, 0.25) is 5.02 Å². The summed E-state index contributed by atoms with van der Waals surface area (Å²) in [6, 6.07) is 19.7. The molecule has 1 atom stereocenters. The summed E-state index contributed by atoms with van der Waals surface area (Å²) in [6.07, 6.45) is 2.77. The van der Waals surface area contributed by atoms with Crippen LogP contribution in [0.1, 0.15) is 55.4 Å². The summed E-state index contributed by atoms with van der Waals surface area (Å²) < 4.78 is 32.6. The lowest BCUT2D eigenvalue weighted by molar-refractivity contribution is -0.0514. The quantitative estimate of drug-likeness (QED) is 0.291. The van der Waals surface area contributed by atoms with E-state index >= 15 is 0 Å². The van der Waals surface area contributed by atoms with Gasteiger partial charge in [0.05, 0.1) is 20.3 Å². The topological polar surface area (TPSA) is 39.7 Å². The molecular formula is C31H37ClFNO3. The summed E-state index contributed by atoms with van der Waals surface area (Å²) in [4.78, 5) is 0. The van der Waals surface area contributed by atoms with Gasteiger partial charge in [-0.25, -0.2) is 4.39 Å². The molecule has 198 valence electrons. The van der Waals surface area contributed by atoms with Gasteiger partial charge in [-0.15, -0.1) is 0 Å². The summed E-state index contributed by atoms with van der Waals surface area (Å²) >= 11 is 6.23. The zero-order valence-corrected chi connectivity index (χ0v) is 23.0. The van der Waals surface area contributed by atoms with Gasteiger partial charge >= 0.3 is 0 Å². The van der Waals surface area contributed by atoms with E-state index in [9.17, 15) is 4.39 Å². The summed E-state index contributed by atoms with van der Waals surface area (Å²) in [6.45, 7) is 7.59. The van der Waals surface area contributed by atoms with Crippen LogP contribution in [0, 0.1) is 6.92 Å². The van der Waals surface area contributed by atoms with Crippen LogP contribution in [-0.4, -0.2) is 26.9 Å². The number of anilines is 1. The van der Waals surface area contributed by atoms with Crippen molar-refractivity contribution < 1.29 is 18.6 Å². The molecule has 1 unspecified atom stereocenters. The van der Waals surface area contributed by atoms with Gasteiger partial charge in [-0.05, 0) is 79.8 Å². The minimum absolute atomic E-state index is 0.467. The van der Waals surface area contributed by atoms with Crippen molar-refractivity contribution in [2.45, 2.75) is 57.7 Å². The van der Waals surface area contributed by atoms with Crippen LogP contribution in [0.5, 0.6) is 11.5 Å². The first-order valence-corrected chi connectivity index (χ1v) is 13.4. The second-order valence-electron chi connectivity index (χ2n) is 9.96. The van der Waals surface area contributed by atoms with Crippen molar-refractivity contribution >= 4 is 17.3 Å². The molecule has 0 radical (unpaired) electrons. The van der Waals surface area contributed by atoms with Crippen molar-refractivity contribution in [2.24, 2.45) is 0 Å². The highest BCUT2D eigenvalue weighted by atomic mass is 35.5. The molecule has 0 amide bonds. The van der Waals surface area contributed by atoms with Gasteiger partial charge in [-0.2, -0.15) is 0 Å². The van der Waals surface area contributed by atoms with Crippen LogP contribution in [-0.2, 0) is 22.4 Å². The Morgan fingerprint density at radius 2 is 1.76 bits per heavy atom. The van der Waals surface area contributed by atoms with E-state index in [1.807, 2.05) is 61.5 Å². The van der Waals surface area contributed by atoms with E-state index < -0.39 is 11.3 Å². The van der Waals surface area contributed by atoms with Crippen LogP contribution >= 0.6 is 11.6 Å². The number of rotatable bonds is 10. The smallest absolute Gasteiger partial charge is 0.142 e. The van der Waals surface area contributed by atoms with Gasteiger partial charge in [0, 0.05) is 35.7 Å². The van der Waals surface area contributed by atoms with E-state index in [-0.39, 0.29) is 0 Å². The zero-order valence-electron chi connectivity index (χ0n) is 22.2. The minimum atomic E-state index is -1.28. The molecule has 0 spiro atoms. The Hall–Kier alpha value is -2.76. The van der Waals surface area contributed by atoms with Crippen molar-refractivity contribution in [2.75, 3.05) is 32.2 Å². The fraction of sp³-hybridized carbons (Fsp3) is 0.419. The third-order valence-corrected chi connectivity index (χ3v) is 7.63. The van der Waals surface area contributed by atoms with Gasteiger partial charge in [0.25, 0.3) is 0 Å². The molecular weight excluding hydrogens is 489 g/mol. The predicted molar refractivity (Wildman–Crippen MR) is 149 cm³/mol. The maximum absolute atomic E-state index is 14.5. The summed E-state index contributed by atoms with van der Waals surface area (Å²) in [5, 5.41) is 4.13. The first-order valence-electron chi connectivity index (χ1n) is 13.0. The largest absolute Gasteiger partial charge is 0.496 e. The van der Waals surface area contributed by atoms with E-state index in [4.69, 9.17) is 25.8 Å². The normalized spacial score (nSPS) is 16.6. The lowest BCUT2D eigenvalue weighted by Gasteiger charge is -2.39. The molecule has 0 aliphatic carbocycles. The fourth-order valence-electron chi connectivity index (χ4n) is 4.83. The SMILES string of the molecule is CCC(C)(F)c1ccc(CCNc2ccc(OC3(c4ccc(Cl)cc4OC)CCOCC3)c(C)c2)cc1. The van der Waals surface area contributed by atoms with Crippen LogP contribution in [0.25, 0.3) is 0 Å². The van der Waals surface area contributed by atoms with Crippen LogP contribution in [0.3, 0.4) is 0 Å². The number of halogens is 2. The highest BCUT2D eigenvalue weighted by Gasteiger charge is 2.39. The standard InChI is InChI=1S/C31H37ClFNO3/c1-5-30(3,33)24-8-6-23(7-9-24)14-17-34-26-11-13-28(22(2)20-26)37-31(15-18-36-19-16-31)27-12-10-25(32)21-29(27)35-4/h6-13,20-21,34H,5,14-19H2,1-4H3. The summed E-state index contributed by atoms with van der Waals surface area (Å²) in [5.74, 6) is 1.56. The van der Waals surface area contributed by atoms with Gasteiger partial charge in [0.15, 0.2) is 0 Å². The van der Waals surface area contributed by atoms with Gasteiger partial charge in [-0.1, -0.05) is 42.8 Å². The molecule has 0 bridgehead atoms. The van der Waals surface area contributed by atoms with E-state index in [1.165, 1.54) is 5.56 Å². The predicted octanol–water partition coefficient (Wildman–Crippen LogP) is 7.99. The highest BCUT2D eigenvalue weighted by Crippen LogP contribution is 2.43. The number of benzene rings is 3. The fourth-order valence-corrected chi connectivity index (χ4v) is 4.99. The number of alkyl halides is 1. The molecule has 1 N–H and O–H groups in total. The minimum Gasteiger partial charge on any atom is -0.496 e. The van der Waals surface area contributed by atoms with Crippen molar-refractivity contribution in [3.63, 3.8) is 0 Å². The summed E-state index contributed by atoms with van der Waals surface area (Å²) in [7, 11) is 1.66. The Bertz CT molecular complexity index is 1190. The number of aryl methyl sites for hydroxylation is 1. The first kappa shape index (κ1) is 27.3. The lowest BCUT2D eigenvalue weighted by Crippen LogP contribution is -2.39. The molecule has 4 nitrogen and oxygen atoms in total. The second kappa shape index (κ2) is 11.7. The zero-order chi connectivity index (χ0) is 26.5. The molecule has 0 saturated carbocycles. The van der Waals surface area contributed by atoms with Gasteiger partial charge in [0.1, 0.15) is 22.8 Å². The molecule has 6 heteroatoms.